The van der Waals surface area contributed by atoms with Gasteiger partial charge in [0.25, 0.3) is 5.91 Å². The zero-order valence-corrected chi connectivity index (χ0v) is 19.4. The predicted octanol–water partition coefficient (Wildman–Crippen LogP) is 3.55. The first-order valence-electron chi connectivity index (χ1n) is 10.1. The van der Waals surface area contributed by atoms with Gasteiger partial charge in [-0.1, -0.05) is 0 Å². The number of aromatic amines is 1. The molecule has 1 fully saturated rings. The molecule has 4 aromatic rings. The van der Waals surface area contributed by atoms with E-state index in [1.807, 2.05) is 13.0 Å². The number of anilines is 2. The number of benzene rings is 1. The second-order valence-electron chi connectivity index (χ2n) is 7.69. The fraction of sp³-hybridized carbons (Fsp3) is 0.238. The number of pyridine rings is 1. The maximum Gasteiger partial charge on any atom is 0.275 e. The van der Waals surface area contributed by atoms with Gasteiger partial charge in [0.1, 0.15) is 11.4 Å². The van der Waals surface area contributed by atoms with Gasteiger partial charge in [-0.05, 0) is 43.5 Å². The largest absolute Gasteiger partial charge is 0.480 e. The summed E-state index contributed by atoms with van der Waals surface area (Å²) in [5.41, 5.74) is 3.19. The number of carbonyl (C=O) groups is 1. The van der Waals surface area contributed by atoms with Crippen molar-refractivity contribution in [2.24, 2.45) is 0 Å². The molecule has 12 heteroatoms. The van der Waals surface area contributed by atoms with Crippen LogP contribution in [0.15, 0.2) is 36.0 Å². The first-order valence-corrected chi connectivity index (χ1v) is 12.5. The Kier molecular flexibility index (Phi) is 5.25. The Morgan fingerprint density at radius 1 is 1.18 bits per heavy atom. The van der Waals surface area contributed by atoms with Crippen LogP contribution < -0.4 is 14.8 Å². The summed E-state index contributed by atoms with van der Waals surface area (Å²) in [4.78, 5) is 21.2. The molecule has 0 saturated heterocycles. The minimum absolute atomic E-state index is 0.179. The van der Waals surface area contributed by atoms with E-state index in [0.717, 1.165) is 10.4 Å². The normalized spacial score (nSPS) is 13.8. The number of sulfonamides is 1. The Morgan fingerprint density at radius 3 is 2.67 bits per heavy atom. The highest BCUT2D eigenvalue weighted by atomic mass is 32.2. The lowest BCUT2D eigenvalue weighted by atomic mass is 10.0. The van der Waals surface area contributed by atoms with Crippen molar-refractivity contribution in [1.29, 1.82) is 0 Å². The van der Waals surface area contributed by atoms with Gasteiger partial charge in [0.2, 0.25) is 15.9 Å². The van der Waals surface area contributed by atoms with Crippen LogP contribution in [0, 0.1) is 6.92 Å². The molecule has 1 aliphatic rings. The van der Waals surface area contributed by atoms with E-state index in [0.29, 0.717) is 40.9 Å². The highest BCUT2D eigenvalue weighted by Crippen LogP contribution is 2.36. The molecule has 3 heterocycles. The van der Waals surface area contributed by atoms with Crippen LogP contribution >= 0.6 is 11.3 Å². The first kappa shape index (κ1) is 21.3. The molecule has 0 radical (unpaired) electrons. The average Bonchev–Trinajstić information content (AvgIpc) is 3.40. The van der Waals surface area contributed by atoms with E-state index in [1.54, 1.807) is 29.9 Å². The van der Waals surface area contributed by atoms with Crippen molar-refractivity contribution < 1.29 is 17.9 Å². The molecule has 0 aliphatic heterocycles. The van der Waals surface area contributed by atoms with Crippen LogP contribution in [0.4, 0.5) is 11.4 Å². The van der Waals surface area contributed by atoms with Gasteiger partial charge >= 0.3 is 0 Å². The van der Waals surface area contributed by atoms with Crippen molar-refractivity contribution in [3.05, 3.63) is 46.7 Å². The number of carbonyl (C=O) groups excluding carboxylic acids is 1. The number of methoxy groups -OCH3 is 1. The van der Waals surface area contributed by atoms with Gasteiger partial charge in [-0.2, -0.15) is 5.10 Å². The van der Waals surface area contributed by atoms with E-state index in [-0.39, 0.29) is 22.7 Å². The van der Waals surface area contributed by atoms with Crippen molar-refractivity contribution in [1.82, 2.24) is 20.2 Å². The Bertz CT molecular complexity index is 1470. The van der Waals surface area contributed by atoms with Crippen LogP contribution in [-0.2, 0) is 10.0 Å². The number of nitrogens with one attached hydrogen (secondary N) is 3. The molecule has 5 rings (SSSR count). The van der Waals surface area contributed by atoms with E-state index < -0.39 is 10.0 Å². The fourth-order valence-electron chi connectivity index (χ4n) is 3.44. The monoisotopic (exact) mass is 484 g/mol. The van der Waals surface area contributed by atoms with Crippen molar-refractivity contribution in [2.45, 2.75) is 25.0 Å². The lowest BCUT2D eigenvalue weighted by Gasteiger charge is -2.13. The molecular formula is C21H20N6O4S2. The summed E-state index contributed by atoms with van der Waals surface area (Å²) in [7, 11) is -2.07. The average molecular weight is 485 g/mol. The summed E-state index contributed by atoms with van der Waals surface area (Å²) < 4.78 is 32.8. The lowest BCUT2D eigenvalue weighted by molar-refractivity contribution is 0.102. The summed E-state index contributed by atoms with van der Waals surface area (Å²) in [6, 6.07) is 5.31. The van der Waals surface area contributed by atoms with Gasteiger partial charge in [0, 0.05) is 22.5 Å². The number of hydrogen-bond donors (Lipinski definition) is 3. The van der Waals surface area contributed by atoms with Crippen LogP contribution in [0.2, 0.25) is 0 Å². The van der Waals surface area contributed by atoms with Crippen LogP contribution in [0.1, 0.15) is 28.3 Å². The number of ether oxygens (including phenoxy) is 1. The molecule has 1 saturated carbocycles. The van der Waals surface area contributed by atoms with E-state index in [4.69, 9.17) is 4.74 Å². The number of H-pyrrole nitrogens is 1. The van der Waals surface area contributed by atoms with Crippen LogP contribution in [0.5, 0.6) is 5.88 Å². The number of fused-ring (bicyclic) bond motifs is 1. The molecule has 3 N–H and O–H groups in total. The molecule has 10 nitrogen and oxygen atoms in total. The van der Waals surface area contributed by atoms with E-state index in [1.165, 1.54) is 18.4 Å². The Labute approximate surface area is 193 Å². The lowest BCUT2D eigenvalue weighted by Crippen LogP contribution is -2.18. The van der Waals surface area contributed by atoms with Crippen molar-refractivity contribution in [2.75, 3.05) is 17.1 Å². The predicted molar refractivity (Wildman–Crippen MR) is 126 cm³/mol. The van der Waals surface area contributed by atoms with Crippen LogP contribution in [0.25, 0.3) is 22.0 Å². The van der Waals surface area contributed by atoms with Crippen molar-refractivity contribution in [3.63, 3.8) is 0 Å². The molecule has 0 spiro atoms. The SMILES string of the molecule is COc1ncc(-c2cc(NC(=O)c3csc(C)n3)c3cn[nH]c3c2)cc1NS(=O)(=O)C1CC1. The minimum atomic E-state index is -3.50. The Hall–Kier alpha value is -3.51. The van der Waals surface area contributed by atoms with Gasteiger partial charge < -0.3 is 10.1 Å². The maximum atomic E-state index is 12.7. The van der Waals surface area contributed by atoms with E-state index in [9.17, 15) is 13.2 Å². The zero-order valence-electron chi connectivity index (χ0n) is 17.7. The molecule has 3 aromatic heterocycles. The second-order valence-corrected chi connectivity index (χ2v) is 10.7. The fourth-order valence-corrected chi connectivity index (χ4v) is 5.41. The van der Waals surface area contributed by atoms with Gasteiger partial charge in [0.15, 0.2) is 0 Å². The molecule has 0 atom stereocenters. The van der Waals surface area contributed by atoms with Crippen molar-refractivity contribution >= 4 is 49.5 Å². The highest BCUT2D eigenvalue weighted by Gasteiger charge is 2.36. The Morgan fingerprint density at radius 2 is 1.97 bits per heavy atom. The molecule has 1 aliphatic carbocycles. The molecule has 1 aromatic carbocycles. The highest BCUT2D eigenvalue weighted by molar-refractivity contribution is 7.93. The summed E-state index contributed by atoms with van der Waals surface area (Å²) in [6.07, 6.45) is 4.49. The Balaban J connectivity index is 1.53. The summed E-state index contributed by atoms with van der Waals surface area (Å²) in [5, 5.41) is 12.7. The van der Waals surface area contributed by atoms with Gasteiger partial charge in [-0.3, -0.25) is 14.6 Å². The van der Waals surface area contributed by atoms with Crippen molar-refractivity contribution in [3.8, 4) is 17.0 Å². The summed E-state index contributed by atoms with van der Waals surface area (Å²) in [5.74, 6) is -0.150. The molecule has 0 unspecified atom stereocenters. The van der Waals surface area contributed by atoms with Crippen LogP contribution in [-0.4, -0.2) is 46.9 Å². The van der Waals surface area contributed by atoms with Gasteiger partial charge in [-0.15, -0.1) is 11.3 Å². The number of nitrogens with zero attached hydrogens (tertiary/aromatic N) is 3. The molecule has 170 valence electrons. The van der Waals surface area contributed by atoms with Gasteiger partial charge in [-0.25, -0.2) is 18.4 Å². The minimum Gasteiger partial charge on any atom is -0.480 e. The van der Waals surface area contributed by atoms with Gasteiger partial charge in [0.05, 0.1) is 34.8 Å². The number of amides is 1. The molecule has 1 amide bonds. The third kappa shape index (κ3) is 4.26. The summed E-state index contributed by atoms with van der Waals surface area (Å²) in [6.45, 7) is 1.84. The third-order valence-corrected chi connectivity index (χ3v) is 7.88. The quantitative estimate of drug-likeness (QED) is 0.364. The zero-order chi connectivity index (χ0) is 23.2. The number of rotatable bonds is 7. The van der Waals surface area contributed by atoms with Crippen LogP contribution in [0.3, 0.4) is 0 Å². The topological polar surface area (TPSA) is 139 Å². The standard InChI is InChI=1S/C21H20N6O4S2/c1-11-24-19(10-32-11)20(28)25-16-5-12(6-17-15(16)9-23-26-17)13-7-18(21(31-2)22-8-13)27-33(29,30)14-3-4-14/h5-10,14,27H,3-4H2,1-2H3,(H,23,26)(H,25,28). The molecule has 33 heavy (non-hydrogen) atoms. The van der Waals surface area contributed by atoms with E-state index >= 15 is 0 Å². The number of thiazole rings is 1. The number of aryl methyl sites for hydroxylation is 1. The molecule has 0 bridgehead atoms. The van der Waals surface area contributed by atoms with E-state index in [2.05, 4.69) is 30.2 Å². The number of aromatic nitrogens is 4. The molecular weight excluding hydrogens is 464 g/mol. The summed E-state index contributed by atoms with van der Waals surface area (Å²) >= 11 is 1.40. The smallest absolute Gasteiger partial charge is 0.275 e. The second kappa shape index (κ2) is 8.12. The third-order valence-electron chi connectivity index (χ3n) is 5.25. The maximum absolute atomic E-state index is 12.7. The number of hydrogen-bond acceptors (Lipinski definition) is 8. The first-order chi connectivity index (χ1) is 15.8.